The zero-order valence-electron chi connectivity index (χ0n) is 9.71. The van der Waals surface area contributed by atoms with E-state index in [9.17, 15) is 4.79 Å². The van der Waals surface area contributed by atoms with Gasteiger partial charge in [-0.15, -0.1) is 0 Å². The Labute approximate surface area is 121 Å². The third kappa shape index (κ3) is 4.05. The summed E-state index contributed by atoms with van der Waals surface area (Å²) in [5.41, 5.74) is 0.681. The van der Waals surface area contributed by atoms with Gasteiger partial charge in [0.25, 0.3) is 0 Å². The third-order valence-electron chi connectivity index (χ3n) is 2.66. The molecule has 0 bridgehead atoms. The number of thioether (sulfide) groups is 1. The van der Waals surface area contributed by atoms with E-state index in [1.807, 2.05) is 0 Å². The Balaban J connectivity index is 1.73. The Morgan fingerprint density at radius 3 is 2.78 bits per heavy atom. The van der Waals surface area contributed by atoms with Crippen molar-refractivity contribution in [1.82, 2.24) is 5.32 Å². The minimum absolute atomic E-state index is 0.00864. The molecule has 1 aliphatic rings. The smallest absolute Gasteiger partial charge is 0.234 e. The summed E-state index contributed by atoms with van der Waals surface area (Å²) in [5, 5.41) is 6.95. The van der Waals surface area contributed by atoms with Gasteiger partial charge in [0.15, 0.2) is 0 Å². The Morgan fingerprint density at radius 1 is 1.39 bits per heavy atom. The zero-order chi connectivity index (χ0) is 13.0. The van der Waals surface area contributed by atoms with Gasteiger partial charge >= 0.3 is 0 Å². The summed E-state index contributed by atoms with van der Waals surface area (Å²) in [6.45, 7) is 2.14. The first kappa shape index (κ1) is 14.0. The summed E-state index contributed by atoms with van der Waals surface area (Å²) in [6.07, 6.45) is 0. The van der Waals surface area contributed by atoms with Gasteiger partial charge in [-0.1, -0.05) is 23.2 Å². The summed E-state index contributed by atoms with van der Waals surface area (Å²) in [5.74, 6) is 2.21. The molecule has 0 saturated carbocycles. The summed E-state index contributed by atoms with van der Waals surface area (Å²) in [7, 11) is 0. The third-order valence-corrected chi connectivity index (χ3v) is 4.57. The molecule has 3 nitrogen and oxygen atoms in total. The second-order valence-electron chi connectivity index (χ2n) is 4.22. The Bertz CT molecular complexity index is 438. The van der Waals surface area contributed by atoms with Crippen molar-refractivity contribution in [3.8, 4) is 0 Å². The average Bonchev–Trinajstić information content (AvgIpc) is 2.27. The van der Waals surface area contributed by atoms with Gasteiger partial charge in [-0.05, 0) is 43.0 Å². The number of nitrogens with one attached hydrogen (secondary N) is 2. The van der Waals surface area contributed by atoms with Gasteiger partial charge in [0.2, 0.25) is 5.91 Å². The van der Waals surface area contributed by atoms with E-state index in [0.717, 1.165) is 18.8 Å². The molecule has 0 atom stereocenters. The van der Waals surface area contributed by atoms with E-state index in [1.165, 1.54) is 0 Å². The number of anilines is 1. The van der Waals surface area contributed by atoms with Gasteiger partial charge < -0.3 is 10.6 Å². The van der Waals surface area contributed by atoms with Gasteiger partial charge in [-0.25, -0.2) is 0 Å². The maximum Gasteiger partial charge on any atom is 0.234 e. The van der Waals surface area contributed by atoms with Crippen LogP contribution in [-0.2, 0) is 4.79 Å². The van der Waals surface area contributed by atoms with Crippen molar-refractivity contribution in [3.05, 3.63) is 28.2 Å². The van der Waals surface area contributed by atoms with Gasteiger partial charge in [-0.3, -0.25) is 4.79 Å². The van der Waals surface area contributed by atoms with Gasteiger partial charge in [0.05, 0.1) is 15.8 Å². The quantitative estimate of drug-likeness (QED) is 0.879. The second-order valence-corrected chi connectivity index (χ2v) is 6.06. The predicted octanol–water partition coefficient (Wildman–Crippen LogP) is 2.88. The minimum Gasteiger partial charge on any atom is -0.325 e. The molecule has 1 aromatic carbocycles. The second kappa shape index (κ2) is 6.66. The van der Waals surface area contributed by atoms with Crippen LogP contribution < -0.4 is 10.6 Å². The first-order valence-electron chi connectivity index (χ1n) is 5.68. The largest absolute Gasteiger partial charge is 0.325 e. The highest BCUT2D eigenvalue weighted by Gasteiger charge is 2.16. The Morgan fingerprint density at radius 2 is 2.17 bits per heavy atom. The van der Waals surface area contributed by atoms with Crippen LogP contribution in [-0.4, -0.2) is 30.5 Å². The molecule has 1 aromatic rings. The molecule has 2 N–H and O–H groups in total. The van der Waals surface area contributed by atoms with Gasteiger partial charge in [-0.2, -0.15) is 11.8 Å². The number of rotatable bonds is 5. The molecule has 2 rings (SSSR count). The van der Waals surface area contributed by atoms with Crippen molar-refractivity contribution < 1.29 is 4.79 Å². The maximum atomic E-state index is 11.7. The maximum absolute atomic E-state index is 11.7. The Hall–Kier alpha value is -0.420. The predicted molar refractivity (Wildman–Crippen MR) is 78.8 cm³/mol. The monoisotopic (exact) mass is 304 g/mol. The van der Waals surface area contributed by atoms with Crippen LogP contribution in [0.3, 0.4) is 0 Å². The van der Waals surface area contributed by atoms with Gasteiger partial charge in [0, 0.05) is 5.69 Å². The highest BCUT2D eigenvalue weighted by Crippen LogP contribution is 2.25. The first-order chi connectivity index (χ1) is 8.65. The summed E-state index contributed by atoms with van der Waals surface area (Å²) in [6, 6.07) is 5.07. The summed E-state index contributed by atoms with van der Waals surface area (Å²) >= 11 is 13.3. The molecule has 0 unspecified atom stereocenters. The lowest BCUT2D eigenvalue weighted by Crippen LogP contribution is -2.43. The van der Waals surface area contributed by atoms with Crippen LogP contribution in [0, 0.1) is 5.92 Å². The lowest BCUT2D eigenvalue weighted by Gasteiger charge is -2.26. The first-order valence-corrected chi connectivity index (χ1v) is 7.59. The van der Waals surface area contributed by atoms with Crippen molar-refractivity contribution in [2.75, 3.05) is 29.9 Å². The van der Waals surface area contributed by atoms with E-state index in [1.54, 1.807) is 30.0 Å². The van der Waals surface area contributed by atoms with Crippen molar-refractivity contribution >= 4 is 46.6 Å². The lowest BCUT2D eigenvalue weighted by molar-refractivity contribution is -0.113. The molecule has 0 radical (unpaired) electrons. The van der Waals surface area contributed by atoms with E-state index in [0.29, 0.717) is 27.4 Å². The molecule has 1 heterocycles. The number of halogens is 2. The summed E-state index contributed by atoms with van der Waals surface area (Å²) < 4.78 is 0. The van der Waals surface area contributed by atoms with E-state index >= 15 is 0 Å². The van der Waals surface area contributed by atoms with Gasteiger partial charge in [0.1, 0.15) is 0 Å². The highest BCUT2D eigenvalue weighted by atomic mass is 35.5. The number of hydrogen-bond donors (Lipinski definition) is 2. The average molecular weight is 305 g/mol. The van der Waals surface area contributed by atoms with E-state index < -0.39 is 0 Å². The molecule has 0 aliphatic carbocycles. The molecule has 6 heteroatoms. The summed E-state index contributed by atoms with van der Waals surface area (Å²) in [4.78, 5) is 11.7. The SMILES string of the molecule is O=C(CSCC1CNC1)Nc1ccc(Cl)c(Cl)c1. The number of carbonyl (C=O) groups excluding carboxylic acids is 1. The van der Waals surface area contributed by atoms with Crippen molar-refractivity contribution in [1.29, 1.82) is 0 Å². The number of benzene rings is 1. The van der Waals surface area contributed by atoms with Crippen molar-refractivity contribution in [3.63, 3.8) is 0 Å². The standard InChI is InChI=1S/C12H14Cl2N2OS/c13-10-2-1-9(3-11(10)14)16-12(17)7-18-6-8-4-15-5-8/h1-3,8,15H,4-7H2,(H,16,17). The van der Waals surface area contributed by atoms with Crippen LogP contribution in [0.5, 0.6) is 0 Å². The molecule has 1 aliphatic heterocycles. The van der Waals surface area contributed by atoms with Crippen LogP contribution in [0.4, 0.5) is 5.69 Å². The molecule has 0 aromatic heterocycles. The highest BCUT2D eigenvalue weighted by molar-refractivity contribution is 7.99. The molecule has 1 saturated heterocycles. The van der Waals surface area contributed by atoms with Crippen LogP contribution in [0.2, 0.25) is 10.0 Å². The molecular formula is C12H14Cl2N2OS. The van der Waals surface area contributed by atoms with Crippen LogP contribution in [0.1, 0.15) is 0 Å². The molecular weight excluding hydrogens is 291 g/mol. The van der Waals surface area contributed by atoms with Crippen molar-refractivity contribution in [2.45, 2.75) is 0 Å². The number of amides is 1. The van der Waals surface area contributed by atoms with Crippen molar-refractivity contribution in [2.24, 2.45) is 5.92 Å². The van der Waals surface area contributed by atoms with E-state index in [2.05, 4.69) is 10.6 Å². The zero-order valence-corrected chi connectivity index (χ0v) is 12.0. The minimum atomic E-state index is -0.00864. The fourth-order valence-electron chi connectivity index (χ4n) is 1.56. The molecule has 0 spiro atoms. The topological polar surface area (TPSA) is 41.1 Å². The lowest BCUT2D eigenvalue weighted by atomic mass is 10.1. The number of carbonyl (C=O) groups is 1. The van der Waals surface area contributed by atoms with Crippen LogP contribution in [0.15, 0.2) is 18.2 Å². The van der Waals surface area contributed by atoms with E-state index in [4.69, 9.17) is 23.2 Å². The Kier molecular flexibility index (Phi) is 5.18. The van der Waals surface area contributed by atoms with Crippen LogP contribution >= 0.6 is 35.0 Å². The number of hydrogen-bond acceptors (Lipinski definition) is 3. The molecule has 1 fully saturated rings. The molecule has 1 amide bonds. The van der Waals surface area contributed by atoms with E-state index in [-0.39, 0.29) is 5.91 Å². The normalized spacial score (nSPS) is 15.2. The fraction of sp³-hybridized carbons (Fsp3) is 0.417. The fourth-order valence-corrected chi connectivity index (χ4v) is 2.80. The molecule has 18 heavy (non-hydrogen) atoms. The van der Waals surface area contributed by atoms with Crippen LogP contribution in [0.25, 0.3) is 0 Å². The molecule has 98 valence electrons.